The van der Waals surface area contributed by atoms with Crippen molar-refractivity contribution in [2.45, 2.75) is 60.0 Å². The number of unbranched alkanes of at least 4 members (excludes halogenated alkanes) is 1. The van der Waals surface area contributed by atoms with Crippen LogP contribution < -0.4 is 5.32 Å². The van der Waals surface area contributed by atoms with Gasteiger partial charge in [-0.3, -0.25) is 0 Å². The molecule has 0 aliphatic heterocycles. The summed E-state index contributed by atoms with van der Waals surface area (Å²) in [6.45, 7) is 13.3. The second-order valence-corrected chi connectivity index (χ2v) is 4.89. The van der Waals surface area contributed by atoms with E-state index in [2.05, 4.69) is 50.6 Å². The smallest absolute Gasteiger partial charge is 0.0279 e. The van der Waals surface area contributed by atoms with Crippen molar-refractivity contribution in [3.8, 4) is 0 Å². The van der Waals surface area contributed by atoms with Gasteiger partial charge < -0.3 is 9.88 Å². The van der Waals surface area contributed by atoms with Gasteiger partial charge in [0.25, 0.3) is 0 Å². The first-order valence-electron chi connectivity index (χ1n) is 6.46. The van der Waals surface area contributed by atoms with E-state index < -0.39 is 0 Å². The Kier molecular flexibility index (Phi) is 5.07. The van der Waals surface area contributed by atoms with E-state index in [-0.39, 0.29) is 0 Å². The summed E-state index contributed by atoms with van der Waals surface area (Å²) in [6.07, 6.45) is 2.53. The fourth-order valence-electron chi connectivity index (χ4n) is 2.34. The number of nitrogens with one attached hydrogen (secondary N) is 1. The largest absolute Gasteiger partial charge is 0.346 e. The molecule has 0 saturated heterocycles. The van der Waals surface area contributed by atoms with Crippen molar-refractivity contribution in [2.24, 2.45) is 0 Å². The summed E-state index contributed by atoms with van der Waals surface area (Å²) in [5, 5.41) is 3.51. The molecule has 2 heteroatoms. The minimum absolute atomic E-state index is 0.560. The Bertz CT molecular complexity index is 324. The van der Waals surface area contributed by atoms with Crippen LogP contribution in [0.15, 0.2) is 6.07 Å². The van der Waals surface area contributed by atoms with Crippen molar-refractivity contribution < 1.29 is 0 Å². The third-order valence-electron chi connectivity index (χ3n) is 3.13. The van der Waals surface area contributed by atoms with Gasteiger partial charge in [-0.05, 0) is 52.3 Å². The molecule has 0 amide bonds. The van der Waals surface area contributed by atoms with Gasteiger partial charge in [0.15, 0.2) is 0 Å². The summed E-state index contributed by atoms with van der Waals surface area (Å²) in [7, 11) is 0. The van der Waals surface area contributed by atoms with Gasteiger partial charge in [-0.25, -0.2) is 0 Å². The third-order valence-corrected chi connectivity index (χ3v) is 3.13. The van der Waals surface area contributed by atoms with Crippen molar-refractivity contribution in [3.05, 3.63) is 23.0 Å². The average molecular weight is 222 g/mol. The van der Waals surface area contributed by atoms with Crippen LogP contribution in [0.5, 0.6) is 0 Å². The molecule has 0 spiro atoms. The van der Waals surface area contributed by atoms with Crippen molar-refractivity contribution in [1.82, 2.24) is 9.88 Å². The molecule has 92 valence electrons. The normalized spacial score (nSPS) is 11.4. The van der Waals surface area contributed by atoms with Gasteiger partial charge in [0.2, 0.25) is 0 Å². The predicted octanol–water partition coefficient (Wildman–Crippen LogP) is 3.58. The molecule has 1 rings (SSSR count). The molecule has 0 radical (unpaired) electrons. The van der Waals surface area contributed by atoms with Crippen LogP contribution in [-0.4, -0.2) is 11.1 Å². The maximum atomic E-state index is 3.51. The Morgan fingerprint density at radius 2 is 2.00 bits per heavy atom. The van der Waals surface area contributed by atoms with Gasteiger partial charge in [-0.2, -0.15) is 0 Å². The van der Waals surface area contributed by atoms with Crippen LogP contribution in [0.1, 0.15) is 56.6 Å². The zero-order valence-electron chi connectivity index (χ0n) is 11.4. The minimum atomic E-state index is 0.560. The molecule has 16 heavy (non-hydrogen) atoms. The molecule has 0 unspecified atom stereocenters. The summed E-state index contributed by atoms with van der Waals surface area (Å²) in [4.78, 5) is 0. The van der Waals surface area contributed by atoms with E-state index >= 15 is 0 Å². The molecular weight excluding hydrogens is 196 g/mol. The third kappa shape index (κ3) is 3.11. The van der Waals surface area contributed by atoms with E-state index in [4.69, 9.17) is 0 Å². The lowest BCUT2D eigenvalue weighted by atomic mass is 10.2. The van der Waals surface area contributed by atoms with Crippen LogP contribution in [0.4, 0.5) is 0 Å². The topological polar surface area (TPSA) is 17.0 Å². The second kappa shape index (κ2) is 6.09. The first-order chi connectivity index (χ1) is 7.57. The Balaban J connectivity index is 2.64. The fourth-order valence-corrected chi connectivity index (χ4v) is 2.34. The zero-order valence-corrected chi connectivity index (χ0v) is 11.4. The first kappa shape index (κ1) is 13.3. The van der Waals surface area contributed by atoms with Gasteiger partial charge in [-0.15, -0.1) is 0 Å². The highest BCUT2D eigenvalue weighted by atomic mass is 15.0. The summed E-state index contributed by atoms with van der Waals surface area (Å²) in [5.41, 5.74) is 4.23. The molecule has 0 fully saturated rings. The van der Waals surface area contributed by atoms with Crippen LogP contribution in [0, 0.1) is 13.8 Å². The van der Waals surface area contributed by atoms with Crippen molar-refractivity contribution in [2.75, 3.05) is 6.54 Å². The summed E-state index contributed by atoms with van der Waals surface area (Å²) >= 11 is 0. The molecule has 0 atom stereocenters. The van der Waals surface area contributed by atoms with Gasteiger partial charge in [0, 0.05) is 24.0 Å². The number of hydrogen-bond acceptors (Lipinski definition) is 1. The van der Waals surface area contributed by atoms with Crippen LogP contribution >= 0.6 is 0 Å². The van der Waals surface area contributed by atoms with E-state index in [1.807, 2.05) is 0 Å². The van der Waals surface area contributed by atoms with Crippen LogP contribution in [-0.2, 0) is 6.54 Å². The maximum Gasteiger partial charge on any atom is 0.0279 e. The second-order valence-electron chi connectivity index (χ2n) is 4.89. The number of aryl methyl sites for hydroxylation is 1. The fraction of sp³-hybridized carbons (Fsp3) is 0.714. The minimum Gasteiger partial charge on any atom is -0.346 e. The molecule has 0 bridgehead atoms. The summed E-state index contributed by atoms with van der Waals surface area (Å²) in [6, 6.07) is 2.87. The van der Waals surface area contributed by atoms with Gasteiger partial charge in [0.05, 0.1) is 0 Å². The number of rotatable bonds is 6. The average Bonchev–Trinajstić information content (AvgIpc) is 2.49. The molecule has 1 aromatic heterocycles. The molecule has 0 saturated carbocycles. The molecule has 1 heterocycles. The van der Waals surface area contributed by atoms with E-state index in [0.717, 1.165) is 13.1 Å². The Morgan fingerprint density at radius 1 is 1.31 bits per heavy atom. The van der Waals surface area contributed by atoms with E-state index in [9.17, 15) is 0 Å². The molecule has 1 aromatic rings. The zero-order chi connectivity index (χ0) is 12.1. The monoisotopic (exact) mass is 222 g/mol. The molecule has 1 N–H and O–H groups in total. The van der Waals surface area contributed by atoms with Gasteiger partial charge in [0.1, 0.15) is 0 Å². The highest BCUT2D eigenvalue weighted by Crippen LogP contribution is 2.19. The van der Waals surface area contributed by atoms with E-state index in [0.29, 0.717) is 6.04 Å². The number of hydrogen-bond donors (Lipinski definition) is 1. The first-order valence-corrected chi connectivity index (χ1v) is 6.46. The van der Waals surface area contributed by atoms with Gasteiger partial charge in [-0.1, -0.05) is 13.3 Å². The Morgan fingerprint density at radius 3 is 2.50 bits per heavy atom. The summed E-state index contributed by atoms with van der Waals surface area (Å²) in [5.74, 6) is 0. The van der Waals surface area contributed by atoms with Crippen LogP contribution in [0.3, 0.4) is 0 Å². The number of nitrogens with zero attached hydrogens (tertiary/aromatic N) is 1. The highest BCUT2D eigenvalue weighted by molar-refractivity contribution is 5.27. The van der Waals surface area contributed by atoms with Crippen molar-refractivity contribution >= 4 is 0 Å². The SMILES string of the molecule is CCCCNCc1cc(C)n(C(C)C)c1C. The van der Waals surface area contributed by atoms with Crippen LogP contribution in [0.25, 0.3) is 0 Å². The van der Waals surface area contributed by atoms with Crippen LogP contribution in [0.2, 0.25) is 0 Å². The molecule has 0 aliphatic rings. The Labute approximate surface area is 100 Å². The van der Waals surface area contributed by atoms with Crippen molar-refractivity contribution in [3.63, 3.8) is 0 Å². The highest BCUT2D eigenvalue weighted by Gasteiger charge is 2.10. The quantitative estimate of drug-likeness (QED) is 0.728. The number of aromatic nitrogens is 1. The van der Waals surface area contributed by atoms with E-state index in [1.54, 1.807) is 0 Å². The van der Waals surface area contributed by atoms with Crippen molar-refractivity contribution in [1.29, 1.82) is 0 Å². The van der Waals surface area contributed by atoms with E-state index in [1.165, 1.54) is 29.8 Å². The standard InChI is InChI=1S/C14H26N2/c1-6-7-8-15-10-14-9-12(4)16(11(2)3)13(14)5/h9,11,15H,6-8,10H2,1-5H3. The molecular formula is C14H26N2. The lowest BCUT2D eigenvalue weighted by Gasteiger charge is -2.14. The predicted molar refractivity (Wildman–Crippen MR) is 70.9 cm³/mol. The van der Waals surface area contributed by atoms with Gasteiger partial charge >= 0.3 is 0 Å². The lowest BCUT2D eigenvalue weighted by molar-refractivity contribution is 0.569. The molecule has 0 aromatic carbocycles. The molecule has 0 aliphatic carbocycles. The Hall–Kier alpha value is -0.760. The lowest BCUT2D eigenvalue weighted by Crippen LogP contribution is -2.15. The molecule has 2 nitrogen and oxygen atoms in total. The maximum absolute atomic E-state index is 3.51. The summed E-state index contributed by atoms with van der Waals surface area (Å²) < 4.78 is 2.41.